The average Bonchev–Trinajstić information content (AvgIpc) is 3.09. The summed E-state index contributed by atoms with van der Waals surface area (Å²) < 4.78 is 0. The molecule has 3 rings (SSSR count). The Morgan fingerprint density at radius 3 is 2.81 bits per heavy atom. The first-order valence-electron chi connectivity index (χ1n) is 9.45. The van der Waals surface area contributed by atoms with Gasteiger partial charge in [0.2, 0.25) is 0 Å². The van der Waals surface area contributed by atoms with Gasteiger partial charge in [-0.15, -0.1) is 0 Å². The zero-order valence-electron chi connectivity index (χ0n) is 15.7. The first-order chi connectivity index (χ1) is 12.5. The number of benzene rings is 1. The molecule has 1 aromatic carbocycles. The van der Waals surface area contributed by atoms with Crippen molar-refractivity contribution in [1.82, 2.24) is 10.2 Å². The average molecular weight is 349 g/mol. The monoisotopic (exact) mass is 349 g/mol. The number of nitrogens with one attached hydrogen (secondary N) is 2. The topological polar surface area (TPSA) is 92.7 Å². The Kier molecular flexibility index (Phi) is 5.59. The van der Waals surface area contributed by atoms with Crippen LogP contribution in [-0.4, -0.2) is 18.0 Å². The summed E-state index contributed by atoms with van der Waals surface area (Å²) in [5, 5.41) is 10.7. The number of anilines is 2. The van der Waals surface area contributed by atoms with Crippen LogP contribution < -0.4 is 22.2 Å². The number of nitrogen functional groups attached to an aromatic ring is 1. The summed E-state index contributed by atoms with van der Waals surface area (Å²) in [6, 6.07) is 5.72. The Bertz CT molecular complexity index is 795. The van der Waals surface area contributed by atoms with Crippen LogP contribution in [0.3, 0.4) is 0 Å². The number of rotatable bonds is 7. The molecule has 5 nitrogen and oxygen atoms in total. The molecule has 26 heavy (non-hydrogen) atoms. The van der Waals surface area contributed by atoms with E-state index in [9.17, 15) is 0 Å². The van der Waals surface area contributed by atoms with Crippen LogP contribution >= 0.6 is 0 Å². The molecular weight excluding hydrogens is 321 g/mol. The Labute approximate surface area is 157 Å². The maximum atomic E-state index is 6.60. The van der Waals surface area contributed by atoms with Crippen LogP contribution in [0.15, 0.2) is 35.8 Å². The number of aromatic nitrogens is 2. The predicted octanol–water partition coefficient (Wildman–Crippen LogP) is 3.12. The van der Waals surface area contributed by atoms with Gasteiger partial charge in [-0.1, -0.05) is 50.7 Å². The molecule has 1 aliphatic heterocycles. The van der Waals surface area contributed by atoms with E-state index in [0.29, 0.717) is 11.2 Å². The fourth-order valence-electron chi connectivity index (χ4n) is 3.57. The van der Waals surface area contributed by atoms with Gasteiger partial charge in [0, 0.05) is 22.6 Å². The minimum atomic E-state index is -0.127. The number of aromatic amines is 1. The molecule has 0 fully saturated rings. The van der Waals surface area contributed by atoms with Crippen LogP contribution in [0.2, 0.25) is 0 Å². The van der Waals surface area contributed by atoms with Crippen LogP contribution in [0.1, 0.15) is 63.0 Å². The number of hydrogen-bond acceptors (Lipinski definition) is 4. The van der Waals surface area contributed by atoms with E-state index >= 15 is 0 Å². The van der Waals surface area contributed by atoms with Gasteiger partial charge in [-0.05, 0) is 30.4 Å². The van der Waals surface area contributed by atoms with Crippen molar-refractivity contribution in [3.8, 4) is 0 Å². The third kappa shape index (κ3) is 3.59. The maximum absolute atomic E-state index is 6.60. The minimum absolute atomic E-state index is 0.127. The molecule has 0 saturated carbocycles. The van der Waals surface area contributed by atoms with E-state index in [2.05, 4.69) is 29.4 Å². The standard InChI is InChI=1S/C20H28BN5/c1-3-12(2)7-4-5-10-16-19(23)17(14-11-24-26-20(14)25-16)13-8-6-9-15(22)18(13)21/h6,8-9,11-12,17H,3-5,7,10,22-23H2,1-2H3,(H2,24,25,26)/t12-,17?/m1/s1. The quantitative estimate of drug-likeness (QED) is 0.351. The number of nitrogens with two attached hydrogens (primary N) is 2. The molecule has 136 valence electrons. The van der Waals surface area contributed by atoms with Crippen molar-refractivity contribution in [3.63, 3.8) is 0 Å². The zero-order valence-corrected chi connectivity index (χ0v) is 15.7. The van der Waals surface area contributed by atoms with E-state index in [4.69, 9.17) is 19.3 Å². The van der Waals surface area contributed by atoms with Crippen molar-refractivity contribution in [3.05, 3.63) is 46.9 Å². The van der Waals surface area contributed by atoms with Crippen LogP contribution in [0.4, 0.5) is 11.5 Å². The highest BCUT2D eigenvalue weighted by atomic mass is 15.2. The summed E-state index contributed by atoms with van der Waals surface area (Å²) in [7, 11) is 6.26. The van der Waals surface area contributed by atoms with E-state index in [1.54, 1.807) is 0 Å². The lowest BCUT2D eigenvalue weighted by molar-refractivity contribution is 0.484. The molecule has 2 aromatic rings. The summed E-state index contributed by atoms with van der Waals surface area (Å²) in [5.74, 6) is 1.54. The molecule has 6 heteroatoms. The molecule has 2 radical (unpaired) electrons. The van der Waals surface area contributed by atoms with Gasteiger partial charge < -0.3 is 16.8 Å². The van der Waals surface area contributed by atoms with Gasteiger partial charge in [-0.3, -0.25) is 5.10 Å². The third-order valence-electron chi connectivity index (χ3n) is 5.47. The third-order valence-corrected chi connectivity index (χ3v) is 5.47. The number of nitrogens with zero attached hydrogens (tertiary/aromatic N) is 1. The summed E-state index contributed by atoms with van der Waals surface area (Å²) in [6.45, 7) is 4.55. The fourth-order valence-corrected chi connectivity index (χ4v) is 3.57. The molecule has 0 aliphatic carbocycles. The van der Waals surface area contributed by atoms with E-state index in [-0.39, 0.29) is 5.92 Å². The van der Waals surface area contributed by atoms with E-state index in [1.807, 2.05) is 24.4 Å². The highest BCUT2D eigenvalue weighted by Gasteiger charge is 2.30. The molecule has 0 amide bonds. The lowest BCUT2D eigenvalue weighted by Gasteiger charge is -2.29. The lowest BCUT2D eigenvalue weighted by Crippen LogP contribution is -2.28. The lowest BCUT2D eigenvalue weighted by atomic mass is 9.77. The van der Waals surface area contributed by atoms with Crippen LogP contribution in [0.25, 0.3) is 0 Å². The van der Waals surface area contributed by atoms with E-state index < -0.39 is 0 Å². The molecule has 6 N–H and O–H groups in total. The van der Waals surface area contributed by atoms with Crippen LogP contribution in [0.5, 0.6) is 0 Å². The highest BCUT2D eigenvalue weighted by molar-refractivity contribution is 6.36. The van der Waals surface area contributed by atoms with Crippen molar-refractivity contribution in [2.24, 2.45) is 11.7 Å². The van der Waals surface area contributed by atoms with Gasteiger partial charge in [-0.25, -0.2) is 0 Å². The maximum Gasteiger partial charge on any atom is 0.129 e. The molecule has 1 aliphatic rings. The van der Waals surface area contributed by atoms with Crippen molar-refractivity contribution in [2.45, 2.75) is 51.9 Å². The predicted molar refractivity (Wildman–Crippen MR) is 109 cm³/mol. The second-order valence-corrected chi connectivity index (χ2v) is 7.30. The second kappa shape index (κ2) is 7.89. The molecule has 0 spiro atoms. The van der Waals surface area contributed by atoms with Crippen molar-refractivity contribution in [1.29, 1.82) is 0 Å². The molecule has 1 aromatic heterocycles. The van der Waals surface area contributed by atoms with Crippen molar-refractivity contribution in [2.75, 3.05) is 11.1 Å². The number of hydrogen-bond donors (Lipinski definition) is 4. The molecular formula is C20H28BN5. The normalized spacial score (nSPS) is 17.7. The summed E-state index contributed by atoms with van der Waals surface area (Å²) in [6.07, 6.45) is 7.52. The first kappa shape index (κ1) is 18.4. The van der Waals surface area contributed by atoms with Crippen molar-refractivity contribution >= 4 is 24.8 Å². The number of unbranched alkanes of at least 4 members (excludes halogenated alkanes) is 1. The summed E-state index contributed by atoms with van der Waals surface area (Å²) in [5.41, 5.74) is 17.6. The Balaban J connectivity index is 1.85. The van der Waals surface area contributed by atoms with Gasteiger partial charge in [0.15, 0.2) is 0 Å². The fraction of sp³-hybridized carbons (Fsp3) is 0.450. The Morgan fingerprint density at radius 1 is 1.23 bits per heavy atom. The van der Waals surface area contributed by atoms with Crippen molar-refractivity contribution < 1.29 is 0 Å². The zero-order chi connectivity index (χ0) is 18.7. The van der Waals surface area contributed by atoms with Crippen LogP contribution in [0, 0.1) is 5.92 Å². The molecule has 0 saturated heterocycles. The van der Waals surface area contributed by atoms with E-state index in [0.717, 1.165) is 47.1 Å². The Morgan fingerprint density at radius 2 is 2.04 bits per heavy atom. The van der Waals surface area contributed by atoms with Gasteiger partial charge in [0.1, 0.15) is 13.7 Å². The second-order valence-electron chi connectivity index (χ2n) is 7.30. The highest BCUT2D eigenvalue weighted by Crippen LogP contribution is 2.39. The minimum Gasteiger partial charge on any atom is -0.400 e. The molecule has 2 atom stereocenters. The molecule has 0 bridgehead atoms. The SMILES string of the molecule is [B]c1c(N)cccc1C1C(N)=C(CCCC[C@H](C)CC)Nc2[nH]ncc21. The largest absolute Gasteiger partial charge is 0.400 e. The number of allylic oxidation sites excluding steroid dienone is 2. The van der Waals surface area contributed by atoms with Gasteiger partial charge in [-0.2, -0.15) is 5.10 Å². The Hall–Kier alpha value is -2.37. The van der Waals surface area contributed by atoms with Gasteiger partial charge in [0.05, 0.1) is 12.1 Å². The van der Waals surface area contributed by atoms with Gasteiger partial charge >= 0.3 is 0 Å². The smallest absolute Gasteiger partial charge is 0.129 e. The summed E-state index contributed by atoms with van der Waals surface area (Å²) >= 11 is 0. The summed E-state index contributed by atoms with van der Waals surface area (Å²) in [4.78, 5) is 0. The first-order valence-corrected chi connectivity index (χ1v) is 9.45. The number of H-pyrrole nitrogens is 1. The molecule has 2 heterocycles. The van der Waals surface area contributed by atoms with E-state index in [1.165, 1.54) is 19.3 Å². The van der Waals surface area contributed by atoms with Crippen LogP contribution in [-0.2, 0) is 0 Å². The van der Waals surface area contributed by atoms with Gasteiger partial charge in [0.25, 0.3) is 0 Å². The molecule has 1 unspecified atom stereocenters. The number of fused-ring (bicyclic) bond motifs is 1.